The van der Waals surface area contributed by atoms with E-state index in [9.17, 15) is 19.2 Å². The highest BCUT2D eigenvalue weighted by atomic mass is 16.5. The summed E-state index contributed by atoms with van der Waals surface area (Å²) in [4.78, 5) is 45.7. The average molecular weight is 378 g/mol. The third-order valence-electron chi connectivity index (χ3n) is 2.88. The van der Waals surface area contributed by atoms with Crippen molar-refractivity contribution in [3.63, 3.8) is 0 Å². The van der Waals surface area contributed by atoms with Crippen molar-refractivity contribution in [1.82, 2.24) is 10.9 Å². The van der Waals surface area contributed by atoms with E-state index in [0.29, 0.717) is 17.9 Å². The minimum Gasteiger partial charge on any atom is -0.484 e. The van der Waals surface area contributed by atoms with Gasteiger partial charge in [-0.25, -0.2) is 9.59 Å². The Morgan fingerprint density at radius 1 is 0.963 bits per heavy atom. The monoisotopic (exact) mass is 378 g/mol. The first-order valence-corrected chi connectivity index (χ1v) is 8.29. The molecule has 0 spiro atoms. The van der Waals surface area contributed by atoms with Crippen LogP contribution in [-0.4, -0.2) is 43.6 Å². The molecule has 0 aliphatic rings. The van der Waals surface area contributed by atoms with Gasteiger partial charge in [0.05, 0.1) is 18.8 Å². The second kappa shape index (κ2) is 12.1. The Morgan fingerprint density at radius 2 is 1.67 bits per heavy atom. The van der Waals surface area contributed by atoms with Gasteiger partial charge in [0.2, 0.25) is 0 Å². The van der Waals surface area contributed by atoms with E-state index in [2.05, 4.69) is 15.6 Å². The molecule has 0 bridgehead atoms. The molecular weight excluding hydrogens is 356 g/mol. The van der Waals surface area contributed by atoms with E-state index in [1.54, 1.807) is 6.92 Å². The van der Waals surface area contributed by atoms with Crippen molar-refractivity contribution in [3.8, 4) is 5.75 Å². The number of amides is 2. The van der Waals surface area contributed by atoms with Crippen LogP contribution in [0, 0.1) is 0 Å². The number of rotatable bonds is 9. The molecular formula is C18H22N2O7. The number of hydrogen-bond acceptors (Lipinski definition) is 7. The van der Waals surface area contributed by atoms with Crippen LogP contribution in [0.2, 0.25) is 0 Å². The Bertz CT molecular complexity index is 683. The van der Waals surface area contributed by atoms with Crippen LogP contribution in [0.4, 0.5) is 0 Å². The lowest BCUT2D eigenvalue weighted by atomic mass is 10.2. The molecule has 0 aliphatic carbocycles. The molecule has 0 heterocycles. The number of ether oxygens (including phenoxy) is 3. The predicted octanol–water partition coefficient (Wildman–Crippen LogP) is 0.899. The fourth-order valence-electron chi connectivity index (χ4n) is 1.66. The molecule has 27 heavy (non-hydrogen) atoms. The molecule has 9 nitrogen and oxygen atoms in total. The Balaban J connectivity index is 2.34. The SMILES string of the molecule is CCCOC(=O)c1ccc(OCC(=O)NNC(=O)/C=C/C(=O)OCC)cc1. The van der Waals surface area contributed by atoms with Crippen LogP contribution >= 0.6 is 0 Å². The zero-order valence-electron chi connectivity index (χ0n) is 15.2. The average Bonchev–Trinajstić information content (AvgIpc) is 2.67. The van der Waals surface area contributed by atoms with Crippen molar-refractivity contribution in [2.75, 3.05) is 19.8 Å². The summed E-state index contributed by atoms with van der Waals surface area (Å²) in [7, 11) is 0. The van der Waals surface area contributed by atoms with Gasteiger partial charge >= 0.3 is 11.9 Å². The fraction of sp³-hybridized carbons (Fsp3) is 0.333. The summed E-state index contributed by atoms with van der Waals surface area (Å²) in [5.41, 5.74) is 4.58. The molecule has 0 saturated carbocycles. The lowest BCUT2D eigenvalue weighted by molar-refractivity contribution is -0.137. The summed E-state index contributed by atoms with van der Waals surface area (Å²) in [6.07, 6.45) is 2.60. The second-order valence-electron chi connectivity index (χ2n) is 5.07. The molecule has 0 aromatic heterocycles. The van der Waals surface area contributed by atoms with Crippen molar-refractivity contribution in [2.45, 2.75) is 20.3 Å². The summed E-state index contributed by atoms with van der Waals surface area (Å²) in [5, 5.41) is 0. The first kappa shape index (κ1) is 21.7. The lowest BCUT2D eigenvalue weighted by Gasteiger charge is -2.08. The second-order valence-corrected chi connectivity index (χ2v) is 5.07. The largest absolute Gasteiger partial charge is 0.484 e. The van der Waals surface area contributed by atoms with Crippen molar-refractivity contribution in [3.05, 3.63) is 42.0 Å². The summed E-state index contributed by atoms with van der Waals surface area (Å²) < 4.78 is 14.8. The van der Waals surface area contributed by atoms with Crippen LogP contribution in [0.15, 0.2) is 36.4 Å². The molecule has 0 unspecified atom stereocenters. The van der Waals surface area contributed by atoms with Gasteiger partial charge in [-0.2, -0.15) is 0 Å². The van der Waals surface area contributed by atoms with Crippen LogP contribution in [0.25, 0.3) is 0 Å². The van der Waals surface area contributed by atoms with E-state index >= 15 is 0 Å². The highest BCUT2D eigenvalue weighted by molar-refractivity contribution is 5.95. The number of nitrogens with one attached hydrogen (secondary N) is 2. The van der Waals surface area contributed by atoms with Crippen molar-refractivity contribution in [1.29, 1.82) is 0 Å². The number of carbonyl (C=O) groups is 4. The predicted molar refractivity (Wildman–Crippen MR) is 94.6 cm³/mol. The van der Waals surface area contributed by atoms with Crippen LogP contribution in [-0.2, 0) is 23.9 Å². The van der Waals surface area contributed by atoms with Gasteiger partial charge in [0, 0.05) is 12.2 Å². The maximum atomic E-state index is 11.7. The summed E-state index contributed by atoms with van der Waals surface area (Å²) in [5.74, 6) is -2.04. The number of hydrogen-bond donors (Lipinski definition) is 2. The molecule has 0 aliphatic heterocycles. The highest BCUT2D eigenvalue weighted by Gasteiger charge is 2.08. The van der Waals surface area contributed by atoms with Gasteiger partial charge in [-0.05, 0) is 37.6 Å². The molecule has 0 radical (unpaired) electrons. The Labute approximate surface area is 156 Å². The van der Waals surface area contributed by atoms with Gasteiger partial charge in [-0.1, -0.05) is 6.92 Å². The van der Waals surface area contributed by atoms with Gasteiger partial charge in [-0.15, -0.1) is 0 Å². The van der Waals surface area contributed by atoms with Crippen molar-refractivity contribution in [2.24, 2.45) is 0 Å². The number of carbonyl (C=O) groups excluding carboxylic acids is 4. The minimum absolute atomic E-state index is 0.194. The normalized spacial score (nSPS) is 10.1. The molecule has 2 N–H and O–H groups in total. The Morgan fingerprint density at radius 3 is 2.30 bits per heavy atom. The molecule has 2 amide bonds. The van der Waals surface area contributed by atoms with Gasteiger partial charge in [0.25, 0.3) is 11.8 Å². The van der Waals surface area contributed by atoms with Crippen molar-refractivity contribution >= 4 is 23.8 Å². The minimum atomic E-state index is -0.702. The Hall–Kier alpha value is -3.36. The van der Waals surface area contributed by atoms with E-state index in [1.165, 1.54) is 24.3 Å². The van der Waals surface area contributed by atoms with E-state index in [4.69, 9.17) is 9.47 Å². The van der Waals surface area contributed by atoms with E-state index in [0.717, 1.165) is 18.6 Å². The number of esters is 2. The zero-order chi connectivity index (χ0) is 20.1. The van der Waals surface area contributed by atoms with E-state index in [-0.39, 0.29) is 13.2 Å². The lowest BCUT2D eigenvalue weighted by Crippen LogP contribution is -2.43. The summed E-state index contributed by atoms with van der Waals surface area (Å²) in [6, 6.07) is 6.09. The smallest absolute Gasteiger partial charge is 0.338 e. The van der Waals surface area contributed by atoms with Gasteiger partial charge < -0.3 is 14.2 Å². The van der Waals surface area contributed by atoms with E-state index < -0.39 is 23.8 Å². The van der Waals surface area contributed by atoms with Gasteiger partial charge in [0.1, 0.15) is 5.75 Å². The van der Waals surface area contributed by atoms with Gasteiger partial charge in [-0.3, -0.25) is 20.4 Å². The van der Waals surface area contributed by atoms with Crippen LogP contribution in [0.1, 0.15) is 30.6 Å². The fourth-order valence-corrected chi connectivity index (χ4v) is 1.66. The highest BCUT2D eigenvalue weighted by Crippen LogP contribution is 2.13. The van der Waals surface area contributed by atoms with Crippen molar-refractivity contribution < 1.29 is 33.4 Å². The third kappa shape index (κ3) is 9.05. The first-order chi connectivity index (χ1) is 13.0. The zero-order valence-corrected chi connectivity index (χ0v) is 15.2. The number of benzene rings is 1. The molecule has 0 saturated heterocycles. The molecule has 9 heteroatoms. The molecule has 0 atom stereocenters. The molecule has 1 aromatic rings. The first-order valence-electron chi connectivity index (χ1n) is 8.29. The van der Waals surface area contributed by atoms with Gasteiger partial charge in [0.15, 0.2) is 6.61 Å². The number of hydrazine groups is 1. The maximum Gasteiger partial charge on any atom is 0.338 e. The third-order valence-corrected chi connectivity index (χ3v) is 2.88. The summed E-state index contributed by atoms with van der Waals surface area (Å²) >= 11 is 0. The Kier molecular flexibility index (Phi) is 9.69. The van der Waals surface area contributed by atoms with E-state index in [1.807, 2.05) is 6.92 Å². The van der Waals surface area contributed by atoms with Crippen LogP contribution in [0.5, 0.6) is 5.75 Å². The van der Waals surface area contributed by atoms with Crippen LogP contribution in [0.3, 0.4) is 0 Å². The maximum absolute atomic E-state index is 11.7. The molecule has 1 rings (SSSR count). The van der Waals surface area contributed by atoms with Crippen LogP contribution < -0.4 is 15.6 Å². The standard InChI is InChI=1S/C18H22N2O7/c1-3-11-26-18(24)13-5-7-14(8-6-13)27-12-16(22)20-19-15(21)9-10-17(23)25-4-2/h5-10H,3-4,11-12H2,1-2H3,(H,19,21)(H,20,22)/b10-9+. The molecule has 0 fully saturated rings. The molecule has 1 aromatic carbocycles. The summed E-state index contributed by atoms with van der Waals surface area (Å²) in [6.45, 7) is 3.71. The topological polar surface area (TPSA) is 120 Å². The quantitative estimate of drug-likeness (QED) is 0.372. The molecule has 146 valence electrons.